The van der Waals surface area contributed by atoms with Gasteiger partial charge in [0.05, 0.1) is 10.6 Å². The lowest BCUT2D eigenvalue weighted by Crippen LogP contribution is -2.41. The van der Waals surface area contributed by atoms with Crippen molar-refractivity contribution in [1.82, 2.24) is 24.9 Å². The second kappa shape index (κ2) is 8.47. The Balaban J connectivity index is 1.66. The van der Waals surface area contributed by atoms with Crippen molar-refractivity contribution in [3.8, 4) is 5.69 Å². The molecule has 0 unspecified atom stereocenters. The van der Waals surface area contributed by atoms with Crippen LogP contribution in [0.3, 0.4) is 0 Å². The van der Waals surface area contributed by atoms with E-state index in [0.717, 1.165) is 15.7 Å². The lowest BCUT2D eigenvalue weighted by atomic mass is 10.2. The summed E-state index contributed by atoms with van der Waals surface area (Å²) in [5, 5.41) is 4.20. The van der Waals surface area contributed by atoms with Crippen LogP contribution in [0.4, 0.5) is 0 Å². The number of hydrogen-bond acceptors (Lipinski definition) is 5. The number of hydrogen-bond donors (Lipinski definition) is 2. The van der Waals surface area contributed by atoms with E-state index in [-0.39, 0.29) is 10.5 Å². The minimum atomic E-state index is -3.67. The minimum Gasteiger partial charge on any atom is -0.267 e. The Bertz CT molecular complexity index is 1180. The van der Waals surface area contributed by atoms with Gasteiger partial charge in [-0.25, -0.2) is 17.4 Å². The Hall–Kier alpha value is -3.50. The maximum Gasteiger partial charge on any atom is 0.269 e. The number of nitrogens with zero attached hydrogens (tertiary/aromatic N) is 3. The van der Waals surface area contributed by atoms with Crippen LogP contribution in [0.5, 0.6) is 0 Å². The summed E-state index contributed by atoms with van der Waals surface area (Å²) in [5.74, 6) is -1.15. The predicted molar refractivity (Wildman–Crippen MR) is 111 cm³/mol. The van der Waals surface area contributed by atoms with Gasteiger partial charge in [-0.15, -0.1) is 0 Å². The summed E-state index contributed by atoms with van der Waals surface area (Å²) in [5.41, 5.74) is 6.81. The molecule has 2 amide bonds. The highest BCUT2D eigenvalue weighted by Crippen LogP contribution is 2.15. The van der Waals surface area contributed by atoms with E-state index in [1.54, 1.807) is 35.1 Å². The van der Waals surface area contributed by atoms with Crippen LogP contribution in [0.25, 0.3) is 5.69 Å². The van der Waals surface area contributed by atoms with Gasteiger partial charge in [-0.1, -0.05) is 6.07 Å². The van der Waals surface area contributed by atoms with Crippen LogP contribution in [0.2, 0.25) is 0 Å². The van der Waals surface area contributed by atoms with E-state index in [1.807, 2.05) is 13.0 Å². The van der Waals surface area contributed by atoms with Crippen molar-refractivity contribution in [2.45, 2.75) is 11.8 Å². The summed E-state index contributed by atoms with van der Waals surface area (Å²) in [4.78, 5) is 24.6. The van der Waals surface area contributed by atoms with Crippen LogP contribution in [0.15, 0.2) is 65.7 Å². The molecule has 0 aliphatic carbocycles. The molecule has 30 heavy (non-hydrogen) atoms. The minimum absolute atomic E-state index is 0.0176. The van der Waals surface area contributed by atoms with E-state index in [4.69, 9.17) is 0 Å². The summed E-state index contributed by atoms with van der Waals surface area (Å²) < 4.78 is 27.2. The molecule has 3 aromatic rings. The molecule has 2 aromatic carbocycles. The van der Waals surface area contributed by atoms with E-state index in [9.17, 15) is 18.0 Å². The Kier molecular flexibility index (Phi) is 5.99. The molecule has 10 heteroatoms. The zero-order chi connectivity index (χ0) is 21.9. The number of rotatable bonds is 5. The third kappa shape index (κ3) is 4.39. The Morgan fingerprint density at radius 3 is 2.13 bits per heavy atom. The topological polar surface area (TPSA) is 113 Å². The maximum atomic E-state index is 12.3. The van der Waals surface area contributed by atoms with Crippen molar-refractivity contribution in [1.29, 1.82) is 0 Å². The molecule has 9 nitrogen and oxygen atoms in total. The molecule has 1 heterocycles. The largest absolute Gasteiger partial charge is 0.269 e. The molecule has 0 saturated carbocycles. The number of benzene rings is 2. The first-order chi connectivity index (χ1) is 14.2. The van der Waals surface area contributed by atoms with Gasteiger partial charge in [0.1, 0.15) is 0 Å². The smallest absolute Gasteiger partial charge is 0.267 e. The van der Waals surface area contributed by atoms with Gasteiger partial charge in [0.15, 0.2) is 0 Å². The molecule has 0 spiro atoms. The first-order valence-corrected chi connectivity index (χ1v) is 10.4. The van der Waals surface area contributed by atoms with Crippen molar-refractivity contribution in [2.24, 2.45) is 0 Å². The highest BCUT2D eigenvalue weighted by atomic mass is 32.2. The zero-order valence-corrected chi connectivity index (χ0v) is 17.5. The third-order valence-electron chi connectivity index (χ3n) is 4.37. The summed E-state index contributed by atoms with van der Waals surface area (Å²) in [6, 6.07) is 14.1. The van der Waals surface area contributed by atoms with Crippen molar-refractivity contribution < 1.29 is 18.0 Å². The molecular formula is C20H21N5O4S. The number of aromatic nitrogens is 2. The molecule has 0 aliphatic heterocycles. The second-order valence-corrected chi connectivity index (χ2v) is 8.81. The number of amides is 2. The summed E-state index contributed by atoms with van der Waals surface area (Å²) in [7, 11) is -0.866. The van der Waals surface area contributed by atoms with Crippen molar-refractivity contribution >= 4 is 21.8 Å². The van der Waals surface area contributed by atoms with E-state index in [1.165, 1.54) is 38.4 Å². The molecule has 0 saturated heterocycles. The molecule has 0 fully saturated rings. The fourth-order valence-electron chi connectivity index (χ4n) is 2.66. The van der Waals surface area contributed by atoms with Crippen LogP contribution in [-0.4, -0.2) is 48.4 Å². The Labute approximate surface area is 174 Å². The SMILES string of the molecule is Cc1ccnn1-c1ccc(C(=O)NNC(=O)c2cccc(S(=O)(=O)N(C)C)c2)cc1. The lowest BCUT2D eigenvalue weighted by Gasteiger charge is -2.12. The fraction of sp³-hybridized carbons (Fsp3) is 0.150. The van der Waals surface area contributed by atoms with Crippen LogP contribution in [0.1, 0.15) is 26.4 Å². The maximum absolute atomic E-state index is 12.3. The van der Waals surface area contributed by atoms with Crippen LogP contribution in [0, 0.1) is 6.92 Å². The standard InChI is InChI=1S/C20H21N5O4S/c1-14-11-12-21-25(14)17-9-7-15(8-10-17)19(26)22-23-20(27)16-5-4-6-18(13-16)30(28,29)24(2)3/h4-13H,1-3H3,(H,22,26)(H,23,27). The Morgan fingerprint density at radius 2 is 1.57 bits per heavy atom. The lowest BCUT2D eigenvalue weighted by molar-refractivity contribution is 0.0846. The van der Waals surface area contributed by atoms with Crippen molar-refractivity contribution in [2.75, 3.05) is 14.1 Å². The summed E-state index contributed by atoms with van der Waals surface area (Å²) in [6.45, 7) is 1.92. The predicted octanol–water partition coefficient (Wildman–Crippen LogP) is 1.51. The molecule has 1 aromatic heterocycles. The van der Waals surface area contributed by atoms with Gasteiger partial charge in [0.25, 0.3) is 11.8 Å². The molecule has 3 rings (SSSR count). The number of carbonyl (C=O) groups excluding carboxylic acids is 2. The van der Waals surface area contributed by atoms with Crippen LogP contribution >= 0.6 is 0 Å². The summed E-state index contributed by atoms with van der Waals surface area (Å²) in [6.07, 6.45) is 1.68. The molecular weight excluding hydrogens is 406 g/mol. The Morgan fingerprint density at radius 1 is 0.933 bits per heavy atom. The molecule has 156 valence electrons. The number of carbonyl (C=O) groups is 2. The van der Waals surface area contributed by atoms with Crippen molar-refractivity contribution in [3.63, 3.8) is 0 Å². The van der Waals surface area contributed by atoms with Gasteiger partial charge in [-0.3, -0.25) is 20.4 Å². The third-order valence-corrected chi connectivity index (χ3v) is 6.18. The first-order valence-electron chi connectivity index (χ1n) is 8.94. The molecule has 0 atom stereocenters. The number of nitrogens with one attached hydrogen (secondary N) is 2. The van der Waals surface area contributed by atoms with Crippen molar-refractivity contribution in [3.05, 3.63) is 77.6 Å². The zero-order valence-electron chi connectivity index (χ0n) is 16.7. The highest BCUT2D eigenvalue weighted by molar-refractivity contribution is 7.89. The number of sulfonamides is 1. The van der Waals surface area contributed by atoms with E-state index < -0.39 is 21.8 Å². The quantitative estimate of drug-likeness (QED) is 0.599. The summed E-state index contributed by atoms with van der Waals surface area (Å²) >= 11 is 0. The van der Waals surface area contributed by atoms with Gasteiger partial charge in [-0.2, -0.15) is 5.10 Å². The van der Waals surface area contributed by atoms with Gasteiger partial charge in [-0.05, 0) is 55.5 Å². The normalized spacial score (nSPS) is 11.3. The fourth-order valence-corrected chi connectivity index (χ4v) is 3.61. The highest BCUT2D eigenvalue weighted by Gasteiger charge is 2.19. The number of aryl methyl sites for hydroxylation is 1. The van der Waals surface area contributed by atoms with E-state index in [2.05, 4.69) is 16.0 Å². The average Bonchev–Trinajstić information content (AvgIpc) is 3.17. The molecule has 0 radical (unpaired) electrons. The first kappa shape index (κ1) is 21.2. The average molecular weight is 427 g/mol. The van der Waals surface area contributed by atoms with E-state index >= 15 is 0 Å². The van der Waals surface area contributed by atoms with Crippen LogP contribution in [-0.2, 0) is 10.0 Å². The molecule has 0 aliphatic rings. The monoisotopic (exact) mass is 427 g/mol. The molecule has 2 N–H and O–H groups in total. The second-order valence-electron chi connectivity index (χ2n) is 6.65. The molecule has 0 bridgehead atoms. The van der Waals surface area contributed by atoms with Gasteiger partial charge >= 0.3 is 0 Å². The van der Waals surface area contributed by atoms with Crippen LogP contribution < -0.4 is 10.9 Å². The van der Waals surface area contributed by atoms with Gasteiger partial charge in [0.2, 0.25) is 10.0 Å². The van der Waals surface area contributed by atoms with Gasteiger partial charge < -0.3 is 0 Å². The number of hydrazine groups is 1. The van der Waals surface area contributed by atoms with Gasteiger partial charge in [0, 0.05) is 37.1 Å². The van der Waals surface area contributed by atoms with E-state index in [0.29, 0.717) is 5.56 Å².